The van der Waals surface area contributed by atoms with Crippen LogP contribution in [0.2, 0.25) is 0 Å². The Morgan fingerprint density at radius 3 is 2.37 bits per heavy atom. The molecule has 0 aromatic rings. The Morgan fingerprint density at radius 2 is 1.89 bits per heavy atom. The molecule has 1 aliphatic rings. The van der Waals surface area contributed by atoms with E-state index in [1.165, 1.54) is 0 Å². The fourth-order valence-corrected chi connectivity index (χ4v) is 3.37. The van der Waals surface area contributed by atoms with E-state index in [4.69, 9.17) is 18.0 Å². The lowest BCUT2D eigenvalue weighted by Gasteiger charge is -2.34. The number of hydrogen-bond donors (Lipinski definition) is 2. The van der Waals surface area contributed by atoms with Crippen molar-refractivity contribution in [3.05, 3.63) is 0 Å². The van der Waals surface area contributed by atoms with Crippen LogP contribution >= 0.6 is 12.2 Å². The molecular formula is C12H22N2O3S2. The van der Waals surface area contributed by atoms with Gasteiger partial charge in [0.25, 0.3) is 0 Å². The van der Waals surface area contributed by atoms with Crippen LogP contribution in [0.5, 0.6) is 0 Å². The van der Waals surface area contributed by atoms with Crippen molar-refractivity contribution in [1.29, 1.82) is 0 Å². The monoisotopic (exact) mass is 306 g/mol. The predicted molar refractivity (Wildman–Crippen MR) is 79.6 cm³/mol. The lowest BCUT2D eigenvalue weighted by Crippen LogP contribution is -2.50. The van der Waals surface area contributed by atoms with Crippen molar-refractivity contribution < 1.29 is 13.2 Å². The number of rotatable bonds is 6. The number of amides is 1. The average Bonchev–Trinajstić information content (AvgIpc) is 2.39. The molecule has 0 saturated heterocycles. The molecular weight excluding hydrogens is 284 g/mol. The SMILES string of the molecule is CCS(=O)(=O)CCNC(=O)C1(C(N)=S)CCCCC1. The number of carbonyl (C=O) groups excluding carboxylic acids is 1. The maximum absolute atomic E-state index is 12.3. The van der Waals surface area contributed by atoms with E-state index in [2.05, 4.69) is 5.32 Å². The summed E-state index contributed by atoms with van der Waals surface area (Å²) in [4.78, 5) is 12.5. The lowest BCUT2D eigenvalue weighted by molar-refractivity contribution is -0.128. The second kappa shape index (κ2) is 6.65. The van der Waals surface area contributed by atoms with Crippen molar-refractivity contribution >= 4 is 33.0 Å². The summed E-state index contributed by atoms with van der Waals surface area (Å²) in [5.41, 5.74) is 4.96. The molecule has 5 nitrogen and oxygen atoms in total. The first-order valence-electron chi connectivity index (χ1n) is 6.63. The van der Waals surface area contributed by atoms with Crippen LogP contribution in [0.25, 0.3) is 0 Å². The second-order valence-corrected chi connectivity index (χ2v) is 7.91. The molecule has 0 heterocycles. The van der Waals surface area contributed by atoms with Crippen molar-refractivity contribution in [2.75, 3.05) is 18.1 Å². The first kappa shape index (κ1) is 16.4. The van der Waals surface area contributed by atoms with Gasteiger partial charge in [0.05, 0.1) is 16.2 Å². The smallest absolute Gasteiger partial charge is 0.233 e. The zero-order valence-electron chi connectivity index (χ0n) is 11.3. The highest BCUT2D eigenvalue weighted by Crippen LogP contribution is 2.36. The molecule has 1 saturated carbocycles. The van der Waals surface area contributed by atoms with Gasteiger partial charge in [0.1, 0.15) is 0 Å². The minimum atomic E-state index is -3.06. The molecule has 0 aliphatic heterocycles. The Hall–Kier alpha value is -0.690. The summed E-state index contributed by atoms with van der Waals surface area (Å²) in [5.74, 6) is -0.169. The molecule has 0 unspecified atom stereocenters. The molecule has 110 valence electrons. The van der Waals surface area contributed by atoms with Crippen LogP contribution in [0, 0.1) is 5.41 Å². The minimum Gasteiger partial charge on any atom is -0.392 e. The lowest BCUT2D eigenvalue weighted by atomic mass is 9.73. The highest BCUT2D eigenvalue weighted by atomic mass is 32.2. The van der Waals surface area contributed by atoms with Crippen LogP contribution in [0.3, 0.4) is 0 Å². The molecule has 3 N–H and O–H groups in total. The van der Waals surface area contributed by atoms with Crippen molar-refractivity contribution in [2.24, 2.45) is 11.1 Å². The third kappa shape index (κ3) is 4.14. The number of nitrogens with one attached hydrogen (secondary N) is 1. The number of nitrogens with two attached hydrogens (primary N) is 1. The third-order valence-electron chi connectivity index (χ3n) is 3.75. The maximum Gasteiger partial charge on any atom is 0.233 e. The highest BCUT2D eigenvalue weighted by molar-refractivity contribution is 7.91. The Balaban J connectivity index is 2.62. The van der Waals surface area contributed by atoms with Gasteiger partial charge in [0, 0.05) is 12.3 Å². The Bertz CT molecular complexity index is 440. The summed E-state index contributed by atoms with van der Waals surface area (Å²) in [6, 6.07) is 0. The van der Waals surface area contributed by atoms with Crippen molar-refractivity contribution in [3.63, 3.8) is 0 Å². The zero-order chi connectivity index (χ0) is 14.5. The molecule has 1 rings (SSSR count). The number of hydrogen-bond acceptors (Lipinski definition) is 4. The topological polar surface area (TPSA) is 89.3 Å². The fraction of sp³-hybridized carbons (Fsp3) is 0.833. The van der Waals surface area contributed by atoms with Gasteiger partial charge in [-0.2, -0.15) is 0 Å². The van der Waals surface area contributed by atoms with E-state index >= 15 is 0 Å². The van der Waals surface area contributed by atoms with Gasteiger partial charge in [-0.05, 0) is 12.8 Å². The van der Waals surface area contributed by atoms with Crippen LogP contribution in [0.4, 0.5) is 0 Å². The quantitative estimate of drug-likeness (QED) is 0.708. The summed E-state index contributed by atoms with van der Waals surface area (Å²) in [6.07, 6.45) is 4.27. The first-order valence-corrected chi connectivity index (χ1v) is 8.85. The van der Waals surface area contributed by atoms with Crippen LogP contribution < -0.4 is 11.1 Å². The zero-order valence-corrected chi connectivity index (χ0v) is 12.9. The normalized spacial score (nSPS) is 18.8. The molecule has 19 heavy (non-hydrogen) atoms. The van der Waals surface area contributed by atoms with E-state index in [0.717, 1.165) is 19.3 Å². The number of sulfone groups is 1. The molecule has 0 bridgehead atoms. The van der Waals surface area contributed by atoms with Crippen molar-refractivity contribution in [3.8, 4) is 0 Å². The van der Waals surface area contributed by atoms with Crippen LogP contribution in [-0.2, 0) is 14.6 Å². The summed E-state index contributed by atoms with van der Waals surface area (Å²) in [6.45, 7) is 1.72. The van der Waals surface area contributed by atoms with E-state index < -0.39 is 15.3 Å². The Morgan fingerprint density at radius 1 is 1.32 bits per heavy atom. The highest BCUT2D eigenvalue weighted by Gasteiger charge is 2.42. The molecule has 0 spiro atoms. The predicted octanol–water partition coefficient (Wildman–Crippen LogP) is 0.774. The summed E-state index contributed by atoms with van der Waals surface area (Å²) < 4.78 is 22.7. The third-order valence-corrected chi connectivity index (χ3v) is 5.85. The van der Waals surface area contributed by atoms with Crippen LogP contribution in [0.1, 0.15) is 39.0 Å². The van der Waals surface area contributed by atoms with E-state index in [1.807, 2.05) is 0 Å². The summed E-state index contributed by atoms with van der Waals surface area (Å²) in [7, 11) is -3.06. The van der Waals surface area contributed by atoms with Gasteiger partial charge in [-0.1, -0.05) is 38.4 Å². The van der Waals surface area contributed by atoms with Crippen LogP contribution in [-0.4, -0.2) is 37.4 Å². The van der Waals surface area contributed by atoms with Crippen LogP contribution in [0.15, 0.2) is 0 Å². The van der Waals surface area contributed by atoms with Crippen molar-refractivity contribution in [1.82, 2.24) is 5.32 Å². The van der Waals surface area contributed by atoms with E-state index in [9.17, 15) is 13.2 Å². The number of carbonyl (C=O) groups is 1. The molecule has 1 fully saturated rings. The Labute approximate surface area is 120 Å². The fourth-order valence-electron chi connectivity index (χ4n) is 2.37. The van der Waals surface area contributed by atoms with E-state index in [-0.39, 0.29) is 28.9 Å². The number of thiocarbonyl (C=S) groups is 1. The van der Waals surface area contributed by atoms with Gasteiger partial charge in [0.15, 0.2) is 9.84 Å². The van der Waals surface area contributed by atoms with E-state index in [1.54, 1.807) is 6.92 Å². The molecule has 0 atom stereocenters. The van der Waals surface area contributed by atoms with Gasteiger partial charge in [0.2, 0.25) is 5.91 Å². The Kier molecular flexibility index (Phi) is 5.73. The van der Waals surface area contributed by atoms with Crippen molar-refractivity contribution in [2.45, 2.75) is 39.0 Å². The van der Waals surface area contributed by atoms with Gasteiger partial charge in [-0.25, -0.2) is 8.42 Å². The minimum absolute atomic E-state index is 0.0390. The second-order valence-electron chi connectivity index (χ2n) is 5.00. The molecule has 0 aromatic heterocycles. The van der Waals surface area contributed by atoms with E-state index in [0.29, 0.717) is 12.8 Å². The molecule has 1 aliphatic carbocycles. The average molecular weight is 306 g/mol. The first-order chi connectivity index (χ1) is 8.84. The summed E-state index contributed by atoms with van der Waals surface area (Å²) in [5, 5.41) is 2.68. The van der Waals surface area contributed by atoms with Gasteiger partial charge in [-0.15, -0.1) is 0 Å². The largest absolute Gasteiger partial charge is 0.392 e. The molecule has 0 aromatic carbocycles. The van der Waals surface area contributed by atoms with Gasteiger partial charge >= 0.3 is 0 Å². The molecule has 0 radical (unpaired) electrons. The molecule has 7 heteroatoms. The van der Waals surface area contributed by atoms with Gasteiger partial charge < -0.3 is 11.1 Å². The maximum atomic E-state index is 12.3. The standard InChI is InChI=1S/C12H22N2O3S2/c1-2-19(16,17)9-8-14-11(15)12(10(13)18)6-4-3-5-7-12/h2-9H2,1H3,(H2,13,18)(H,14,15). The summed E-state index contributed by atoms with van der Waals surface area (Å²) >= 11 is 5.05. The van der Waals surface area contributed by atoms with Gasteiger partial charge in [-0.3, -0.25) is 4.79 Å². The molecule has 1 amide bonds.